The first-order valence-electron chi connectivity index (χ1n) is 15.8. The number of carbonyl (C=O) groups excluding carboxylic acids is 1. The van der Waals surface area contributed by atoms with Gasteiger partial charge in [-0.05, 0) is 37.8 Å². The van der Waals surface area contributed by atoms with Gasteiger partial charge in [0.05, 0.1) is 9.85 Å². The maximum absolute atomic E-state index is 12.8. The van der Waals surface area contributed by atoms with Crippen molar-refractivity contribution in [3.63, 3.8) is 0 Å². The monoisotopic (exact) mass is 584 g/mol. The molecule has 0 saturated carbocycles. The molecule has 0 heterocycles. The van der Waals surface area contributed by atoms with Gasteiger partial charge in [-0.2, -0.15) is 0 Å². The summed E-state index contributed by atoms with van der Waals surface area (Å²) in [6.07, 6.45) is 18.1. The van der Waals surface area contributed by atoms with Crippen LogP contribution in [0.15, 0.2) is 36.4 Å². The van der Waals surface area contributed by atoms with E-state index in [1.807, 2.05) is 0 Å². The summed E-state index contributed by atoms with van der Waals surface area (Å²) >= 11 is 0. The van der Waals surface area contributed by atoms with Crippen molar-refractivity contribution in [1.82, 2.24) is 0 Å². The van der Waals surface area contributed by atoms with Crippen molar-refractivity contribution in [2.24, 2.45) is 0 Å². The van der Waals surface area contributed by atoms with E-state index >= 15 is 0 Å². The van der Waals surface area contributed by atoms with Gasteiger partial charge >= 0.3 is 6.16 Å². The molecule has 0 bridgehead atoms. The summed E-state index contributed by atoms with van der Waals surface area (Å²) in [5.74, 6) is 0.445. The first-order valence-corrected chi connectivity index (χ1v) is 15.8. The second-order valence-electron chi connectivity index (χ2n) is 11.0. The molecule has 0 amide bonds. The molecule has 2 aromatic carbocycles. The molecule has 232 valence electrons. The Labute approximate surface area is 250 Å². The topological polar surface area (TPSA) is 122 Å². The van der Waals surface area contributed by atoms with Gasteiger partial charge in [0.1, 0.15) is 11.5 Å². The quantitative estimate of drug-likeness (QED) is 0.0443. The van der Waals surface area contributed by atoms with Gasteiger partial charge in [-0.1, -0.05) is 104 Å². The number of nitro benzene ring substituents is 2. The minimum Gasteiger partial charge on any atom is -0.394 e. The molecule has 0 aliphatic carbocycles. The van der Waals surface area contributed by atoms with Crippen molar-refractivity contribution in [2.75, 3.05) is 0 Å². The standard InChI is InChI=1S/C33H48N2O7/c1-3-5-7-9-11-13-15-17-19-27-25-29(34(37)38)21-23-31(27)41-33(36)42-32-24-22-30(35(39)40)26-28(32)20-18-16-14-12-10-8-6-4-2/h21-26H,3-20H2,1-2H3. The third kappa shape index (κ3) is 13.4. The number of aryl methyl sites for hydroxylation is 2. The van der Waals surface area contributed by atoms with Crippen LogP contribution < -0.4 is 9.47 Å². The van der Waals surface area contributed by atoms with Gasteiger partial charge in [-0.3, -0.25) is 20.2 Å². The highest BCUT2D eigenvalue weighted by molar-refractivity contribution is 5.69. The van der Waals surface area contributed by atoms with Crippen LogP contribution >= 0.6 is 0 Å². The number of nitrogens with zero attached hydrogens (tertiary/aromatic N) is 2. The Kier molecular flexibility index (Phi) is 16.9. The molecule has 0 N–H and O–H groups in total. The van der Waals surface area contributed by atoms with Crippen LogP contribution in [0.5, 0.6) is 11.5 Å². The van der Waals surface area contributed by atoms with Crippen molar-refractivity contribution >= 4 is 17.5 Å². The summed E-state index contributed by atoms with van der Waals surface area (Å²) in [5, 5.41) is 22.7. The van der Waals surface area contributed by atoms with Crippen molar-refractivity contribution in [1.29, 1.82) is 0 Å². The zero-order valence-corrected chi connectivity index (χ0v) is 25.4. The number of non-ortho nitro benzene ring substituents is 2. The van der Waals surface area contributed by atoms with Crippen molar-refractivity contribution in [2.45, 2.75) is 129 Å². The molecule has 0 aliphatic rings. The van der Waals surface area contributed by atoms with Crippen LogP contribution in [0, 0.1) is 20.2 Å². The van der Waals surface area contributed by atoms with E-state index < -0.39 is 16.0 Å². The fourth-order valence-corrected chi connectivity index (χ4v) is 5.05. The zero-order chi connectivity index (χ0) is 30.6. The number of benzene rings is 2. The Hall–Kier alpha value is -3.49. The molecule has 9 heteroatoms. The molecule has 9 nitrogen and oxygen atoms in total. The normalized spacial score (nSPS) is 10.9. The summed E-state index contributed by atoms with van der Waals surface area (Å²) in [5.41, 5.74) is 1.03. The fraction of sp³-hybridized carbons (Fsp3) is 0.606. The third-order valence-electron chi connectivity index (χ3n) is 7.50. The van der Waals surface area contributed by atoms with E-state index in [-0.39, 0.29) is 22.9 Å². The molecule has 0 spiro atoms. The van der Waals surface area contributed by atoms with Crippen molar-refractivity contribution < 1.29 is 24.1 Å². The molecule has 2 aromatic rings. The minimum atomic E-state index is -0.980. The Morgan fingerprint density at radius 2 is 0.905 bits per heavy atom. The molecule has 2 rings (SSSR count). The predicted molar refractivity (Wildman–Crippen MR) is 165 cm³/mol. The molecule has 0 saturated heterocycles. The number of ether oxygens (including phenoxy) is 2. The maximum Gasteiger partial charge on any atom is 0.519 e. The number of rotatable bonds is 22. The van der Waals surface area contributed by atoms with Gasteiger partial charge < -0.3 is 9.47 Å². The molecule has 0 radical (unpaired) electrons. The lowest BCUT2D eigenvalue weighted by molar-refractivity contribution is -0.385. The smallest absolute Gasteiger partial charge is 0.394 e. The molecular formula is C33H48N2O7. The van der Waals surface area contributed by atoms with Gasteiger partial charge in [0.25, 0.3) is 11.4 Å². The Bertz CT molecular complexity index is 1030. The molecule has 0 aliphatic heterocycles. The van der Waals surface area contributed by atoms with Crippen molar-refractivity contribution in [3.8, 4) is 11.5 Å². The van der Waals surface area contributed by atoms with Crippen LogP contribution in [0.1, 0.15) is 128 Å². The zero-order valence-electron chi connectivity index (χ0n) is 25.4. The van der Waals surface area contributed by atoms with Gasteiger partial charge in [-0.25, -0.2) is 4.79 Å². The third-order valence-corrected chi connectivity index (χ3v) is 7.50. The van der Waals surface area contributed by atoms with Crippen LogP contribution in [-0.4, -0.2) is 16.0 Å². The second-order valence-corrected chi connectivity index (χ2v) is 11.0. The Morgan fingerprint density at radius 1 is 0.571 bits per heavy atom. The SMILES string of the molecule is CCCCCCCCCCc1cc([N+](=O)[O-])ccc1OC(=O)Oc1ccc([N+](=O)[O-])cc1CCCCCCCCCC. The molecule has 0 aromatic heterocycles. The Balaban J connectivity index is 2.00. The van der Waals surface area contributed by atoms with E-state index in [0.717, 1.165) is 38.5 Å². The minimum absolute atomic E-state index is 0.0618. The maximum atomic E-state index is 12.8. The summed E-state index contributed by atoms with van der Waals surface area (Å²) < 4.78 is 11.0. The van der Waals surface area contributed by atoms with E-state index in [1.54, 1.807) is 0 Å². The first-order chi connectivity index (χ1) is 20.3. The first kappa shape index (κ1) is 34.7. The van der Waals surface area contributed by atoms with E-state index in [1.165, 1.54) is 101 Å². The van der Waals surface area contributed by atoms with E-state index in [0.29, 0.717) is 24.0 Å². The molecule has 42 heavy (non-hydrogen) atoms. The average molecular weight is 585 g/mol. The molecule has 0 fully saturated rings. The molecular weight excluding hydrogens is 536 g/mol. The van der Waals surface area contributed by atoms with Crippen LogP contribution in [0.3, 0.4) is 0 Å². The van der Waals surface area contributed by atoms with Gasteiger partial charge in [-0.15, -0.1) is 0 Å². The largest absolute Gasteiger partial charge is 0.519 e. The van der Waals surface area contributed by atoms with Crippen LogP contribution in [0.2, 0.25) is 0 Å². The lowest BCUT2D eigenvalue weighted by atomic mass is 10.0. The molecule has 0 atom stereocenters. The van der Waals surface area contributed by atoms with E-state index in [2.05, 4.69) is 13.8 Å². The van der Waals surface area contributed by atoms with Crippen molar-refractivity contribution in [3.05, 3.63) is 67.8 Å². The number of carbonyl (C=O) groups is 1. The van der Waals surface area contributed by atoms with Crippen LogP contribution in [-0.2, 0) is 12.8 Å². The highest BCUT2D eigenvalue weighted by atomic mass is 16.7. The lowest BCUT2D eigenvalue weighted by Gasteiger charge is -2.13. The summed E-state index contributed by atoms with van der Waals surface area (Å²) in [6.45, 7) is 4.38. The Morgan fingerprint density at radius 3 is 1.24 bits per heavy atom. The number of nitro groups is 2. The lowest BCUT2D eigenvalue weighted by Crippen LogP contribution is -2.16. The van der Waals surface area contributed by atoms with E-state index in [9.17, 15) is 25.0 Å². The summed E-state index contributed by atoms with van der Waals surface area (Å²) in [7, 11) is 0. The number of hydrogen-bond acceptors (Lipinski definition) is 7. The fourth-order valence-electron chi connectivity index (χ4n) is 5.05. The number of hydrogen-bond donors (Lipinski definition) is 0. The number of unbranched alkanes of at least 4 members (excludes halogenated alkanes) is 14. The van der Waals surface area contributed by atoms with E-state index in [4.69, 9.17) is 9.47 Å². The summed E-state index contributed by atoms with van der Waals surface area (Å²) in [6, 6.07) is 8.36. The highest BCUT2D eigenvalue weighted by Gasteiger charge is 2.19. The second kappa shape index (κ2) is 20.4. The van der Waals surface area contributed by atoms with Gasteiger partial charge in [0, 0.05) is 35.4 Å². The summed E-state index contributed by atoms with van der Waals surface area (Å²) in [4.78, 5) is 34.6. The van der Waals surface area contributed by atoms with Gasteiger partial charge in [0.2, 0.25) is 0 Å². The van der Waals surface area contributed by atoms with Crippen LogP contribution in [0.4, 0.5) is 16.2 Å². The van der Waals surface area contributed by atoms with Gasteiger partial charge in [0.15, 0.2) is 0 Å². The average Bonchev–Trinajstić information content (AvgIpc) is 2.97. The predicted octanol–water partition coefficient (Wildman–Crippen LogP) is 10.4. The van der Waals surface area contributed by atoms with Crippen LogP contribution in [0.25, 0.3) is 0 Å². The molecule has 0 unspecified atom stereocenters. The highest BCUT2D eigenvalue weighted by Crippen LogP contribution is 2.29.